The minimum atomic E-state index is -1.91. The molecule has 0 radical (unpaired) electrons. The summed E-state index contributed by atoms with van der Waals surface area (Å²) in [4.78, 5) is 28.4. The average molecular weight is 573 g/mol. The van der Waals surface area contributed by atoms with Crippen LogP contribution < -0.4 is 5.32 Å². The van der Waals surface area contributed by atoms with Crippen LogP contribution in [-0.4, -0.2) is 79.4 Å². The predicted octanol–water partition coefficient (Wildman–Crippen LogP) is 4.31. The lowest BCUT2D eigenvalue weighted by atomic mass is 9.81. The number of nitrogens with zero attached hydrogens (tertiary/aromatic N) is 1. The first-order valence-electron chi connectivity index (χ1n) is 14.7. The van der Waals surface area contributed by atoms with Crippen LogP contribution in [0.1, 0.15) is 67.7 Å². The first-order valence-corrected chi connectivity index (χ1v) is 14.7. The van der Waals surface area contributed by atoms with Crippen molar-refractivity contribution < 1.29 is 34.8 Å². The van der Waals surface area contributed by atoms with Gasteiger partial charge < -0.3 is 35.4 Å². The van der Waals surface area contributed by atoms with Crippen molar-refractivity contribution in [2.75, 3.05) is 11.9 Å². The fourth-order valence-corrected chi connectivity index (χ4v) is 6.35. The van der Waals surface area contributed by atoms with Crippen LogP contribution in [0.25, 0.3) is 10.8 Å². The van der Waals surface area contributed by atoms with Crippen LogP contribution in [0.15, 0.2) is 42.5 Å². The number of urea groups is 1. The van der Waals surface area contributed by atoms with Gasteiger partial charge in [0.2, 0.25) is 0 Å². The monoisotopic (exact) mass is 572 g/mol. The van der Waals surface area contributed by atoms with E-state index in [2.05, 4.69) is 5.32 Å². The van der Waals surface area contributed by atoms with Gasteiger partial charge in [0.15, 0.2) is 0 Å². The third kappa shape index (κ3) is 7.57. The molecule has 3 unspecified atom stereocenters. The summed E-state index contributed by atoms with van der Waals surface area (Å²) in [6.45, 7) is 11.9. The van der Waals surface area contributed by atoms with E-state index in [0.29, 0.717) is 12.1 Å². The molecule has 1 aliphatic heterocycles. The number of nitrogens with one attached hydrogen (secondary N) is 1. The van der Waals surface area contributed by atoms with Gasteiger partial charge in [0.1, 0.15) is 17.8 Å². The Hall–Kier alpha value is -2.72. The van der Waals surface area contributed by atoms with Gasteiger partial charge in [0, 0.05) is 11.9 Å². The summed E-state index contributed by atoms with van der Waals surface area (Å²) in [6, 6.07) is 11.9. The summed E-state index contributed by atoms with van der Waals surface area (Å²) in [5.74, 6) is -2.26. The van der Waals surface area contributed by atoms with E-state index in [0.717, 1.165) is 10.8 Å². The number of hydrogen-bond acceptors (Lipinski definition) is 7. The van der Waals surface area contributed by atoms with Crippen molar-refractivity contribution in [1.29, 1.82) is 0 Å². The highest BCUT2D eigenvalue weighted by Crippen LogP contribution is 2.33. The van der Waals surface area contributed by atoms with Crippen LogP contribution in [0, 0.1) is 17.8 Å². The van der Waals surface area contributed by atoms with Gasteiger partial charge >= 0.3 is 12.0 Å². The quantitative estimate of drug-likeness (QED) is 0.338. The number of rotatable bonds is 2. The molecule has 228 valence electrons. The van der Waals surface area contributed by atoms with Crippen molar-refractivity contribution in [2.45, 2.75) is 103 Å². The zero-order valence-corrected chi connectivity index (χ0v) is 25.4. The number of anilines is 1. The maximum absolute atomic E-state index is 13.9. The molecule has 0 aliphatic carbocycles. The number of fused-ring (bicyclic) bond motifs is 1. The summed E-state index contributed by atoms with van der Waals surface area (Å²) in [5, 5.41) is 50.0. The van der Waals surface area contributed by atoms with E-state index in [9.17, 15) is 30.0 Å². The zero-order valence-electron chi connectivity index (χ0n) is 25.4. The van der Waals surface area contributed by atoms with Crippen molar-refractivity contribution in [1.82, 2.24) is 4.90 Å². The van der Waals surface area contributed by atoms with Gasteiger partial charge in [-0.2, -0.15) is 0 Å². The van der Waals surface area contributed by atoms with Crippen molar-refractivity contribution >= 4 is 28.5 Å². The molecule has 2 aromatic rings. The first kappa shape index (κ1) is 32.8. The minimum Gasteiger partial charge on any atom is -0.459 e. The third-order valence-electron chi connectivity index (χ3n) is 8.65. The molecule has 0 spiro atoms. The van der Waals surface area contributed by atoms with Gasteiger partial charge in [0.05, 0.1) is 29.4 Å². The number of amides is 2. The number of cyclic esters (lactones) is 1. The molecule has 1 heterocycles. The number of esters is 1. The Bertz CT molecular complexity index is 1190. The molecule has 9 nitrogen and oxygen atoms in total. The molecule has 0 aromatic heterocycles. The Morgan fingerprint density at radius 2 is 1.66 bits per heavy atom. The van der Waals surface area contributed by atoms with E-state index in [1.165, 1.54) is 11.8 Å². The molecule has 2 aromatic carbocycles. The Labute approximate surface area is 243 Å². The molecule has 1 fully saturated rings. The maximum Gasteiger partial charge on any atom is 0.322 e. The Balaban J connectivity index is 2.02. The molecule has 9 heteroatoms. The first-order chi connectivity index (χ1) is 19.1. The molecule has 5 N–H and O–H groups in total. The van der Waals surface area contributed by atoms with Crippen molar-refractivity contribution in [3.63, 3.8) is 0 Å². The molecule has 3 rings (SSSR count). The summed E-state index contributed by atoms with van der Waals surface area (Å²) >= 11 is 0. The Morgan fingerprint density at radius 3 is 2.32 bits per heavy atom. The third-order valence-corrected chi connectivity index (χ3v) is 8.65. The molecule has 0 bridgehead atoms. The summed E-state index contributed by atoms with van der Waals surface area (Å²) in [5.41, 5.74) is -2.50. The molecular weight excluding hydrogens is 524 g/mol. The van der Waals surface area contributed by atoms with E-state index >= 15 is 0 Å². The molecule has 1 saturated heterocycles. The standard InChI is InChI=1S/C32H48N2O7/c1-8-26-32(7,40)28(36)22(5)34(30(38)33-25-15-11-13-23-12-9-10-14-24(23)25)18-19(2)16-31(6,39)17-20(3)27(35)21(4)29(37)41-26/h9-15,19-22,26-28,35-36,39-40H,8,16-18H2,1-7H3,(H,33,38)/t19-,20-,21?,22?,26-,27+,28?,31-,32-/m1/s1. The van der Waals surface area contributed by atoms with Gasteiger partial charge in [-0.25, -0.2) is 4.79 Å². The number of benzene rings is 2. The normalized spacial score (nSPS) is 36.2. The Morgan fingerprint density at radius 1 is 1.02 bits per heavy atom. The lowest BCUT2D eigenvalue weighted by Gasteiger charge is -2.43. The summed E-state index contributed by atoms with van der Waals surface area (Å²) < 4.78 is 5.66. The second-order valence-corrected chi connectivity index (χ2v) is 12.6. The molecular formula is C32H48N2O7. The minimum absolute atomic E-state index is 0.172. The van der Waals surface area contributed by atoms with Crippen LogP contribution in [0.3, 0.4) is 0 Å². The van der Waals surface area contributed by atoms with E-state index in [-0.39, 0.29) is 25.3 Å². The molecule has 0 saturated carbocycles. The topological polar surface area (TPSA) is 140 Å². The van der Waals surface area contributed by atoms with E-state index in [1.807, 2.05) is 43.3 Å². The fraction of sp³-hybridized carbons (Fsp3) is 0.625. The largest absolute Gasteiger partial charge is 0.459 e. The van der Waals surface area contributed by atoms with Gasteiger partial charge in [-0.1, -0.05) is 57.2 Å². The number of aliphatic hydroxyl groups excluding tert-OH is 2. The SMILES string of the molecule is CC[C@H]1OC(=O)C(C)[C@@H](O)[C@H](C)C[C@](C)(O)C[C@@H](C)CN(C(=O)Nc2cccc3ccccc23)C(C)C(O)[C@]1(C)O. The number of ether oxygens (including phenoxy) is 1. The number of hydrogen-bond donors (Lipinski definition) is 5. The molecule has 41 heavy (non-hydrogen) atoms. The summed E-state index contributed by atoms with van der Waals surface area (Å²) in [6.07, 6.45) is -2.93. The van der Waals surface area contributed by atoms with Crippen molar-refractivity contribution in [3.05, 3.63) is 42.5 Å². The molecule has 2 amide bonds. The second kappa shape index (κ2) is 13.1. The van der Waals surface area contributed by atoms with E-state index in [4.69, 9.17) is 4.74 Å². The lowest BCUT2D eigenvalue weighted by Crippen LogP contribution is -2.61. The zero-order chi connectivity index (χ0) is 30.7. The van der Waals surface area contributed by atoms with Crippen molar-refractivity contribution in [2.24, 2.45) is 17.8 Å². The highest BCUT2D eigenvalue weighted by Gasteiger charge is 2.47. The lowest BCUT2D eigenvalue weighted by molar-refractivity contribution is -0.191. The smallest absolute Gasteiger partial charge is 0.322 e. The van der Waals surface area contributed by atoms with Crippen LogP contribution in [-0.2, 0) is 9.53 Å². The highest BCUT2D eigenvalue weighted by molar-refractivity contribution is 6.01. The number of aliphatic hydroxyl groups is 4. The van der Waals surface area contributed by atoms with Crippen molar-refractivity contribution in [3.8, 4) is 0 Å². The summed E-state index contributed by atoms with van der Waals surface area (Å²) in [7, 11) is 0. The van der Waals surface area contributed by atoms with Gasteiger partial charge in [-0.05, 0) is 70.2 Å². The van der Waals surface area contributed by atoms with Crippen LogP contribution >= 0.6 is 0 Å². The number of carbonyl (C=O) groups is 2. The Kier molecular flexibility index (Phi) is 10.5. The van der Waals surface area contributed by atoms with Crippen LogP contribution in [0.5, 0.6) is 0 Å². The van der Waals surface area contributed by atoms with Crippen LogP contribution in [0.4, 0.5) is 10.5 Å². The van der Waals surface area contributed by atoms with Gasteiger partial charge in [-0.3, -0.25) is 4.79 Å². The average Bonchev–Trinajstić information content (AvgIpc) is 2.91. The van der Waals surface area contributed by atoms with Gasteiger partial charge in [0.25, 0.3) is 0 Å². The molecule has 9 atom stereocenters. The fourth-order valence-electron chi connectivity index (χ4n) is 6.35. The van der Waals surface area contributed by atoms with Gasteiger partial charge in [-0.15, -0.1) is 0 Å². The molecule has 1 aliphatic rings. The maximum atomic E-state index is 13.9. The van der Waals surface area contributed by atoms with E-state index in [1.54, 1.807) is 40.7 Å². The predicted molar refractivity (Wildman–Crippen MR) is 159 cm³/mol. The van der Waals surface area contributed by atoms with E-state index < -0.39 is 59.4 Å². The number of carbonyl (C=O) groups excluding carboxylic acids is 2. The highest BCUT2D eigenvalue weighted by atomic mass is 16.6. The second-order valence-electron chi connectivity index (χ2n) is 12.6. The van der Waals surface area contributed by atoms with Crippen LogP contribution in [0.2, 0.25) is 0 Å².